The molecule has 5 heteroatoms. The summed E-state index contributed by atoms with van der Waals surface area (Å²) in [6.07, 6.45) is 2.33. The number of likely N-dealkylation sites (N-methyl/N-ethyl adjacent to an activating group) is 2. The Bertz CT molecular complexity index is 504. The maximum atomic E-state index is 12.7. The van der Waals surface area contributed by atoms with E-state index in [-0.39, 0.29) is 5.91 Å². The van der Waals surface area contributed by atoms with E-state index in [0.717, 1.165) is 19.5 Å². The van der Waals surface area contributed by atoms with Gasteiger partial charge in [-0.1, -0.05) is 6.07 Å². The molecule has 1 saturated heterocycles. The van der Waals surface area contributed by atoms with Crippen molar-refractivity contribution in [3.05, 3.63) is 23.8 Å². The van der Waals surface area contributed by atoms with Gasteiger partial charge in [0.2, 0.25) is 0 Å². The lowest BCUT2D eigenvalue weighted by molar-refractivity contribution is 0.0758. The van der Waals surface area contributed by atoms with Gasteiger partial charge in [0.1, 0.15) is 11.3 Å². The zero-order chi connectivity index (χ0) is 15.4. The van der Waals surface area contributed by atoms with E-state index in [2.05, 4.69) is 11.9 Å². The van der Waals surface area contributed by atoms with Gasteiger partial charge in [0.15, 0.2) is 0 Å². The van der Waals surface area contributed by atoms with Crippen molar-refractivity contribution >= 4 is 11.6 Å². The van der Waals surface area contributed by atoms with Gasteiger partial charge in [-0.05, 0) is 45.5 Å². The smallest absolute Gasteiger partial charge is 0.259 e. The van der Waals surface area contributed by atoms with E-state index in [9.17, 15) is 4.79 Å². The first-order valence-electron chi connectivity index (χ1n) is 7.51. The van der Waals surface area contributed by atoms with Crippen molar-refractivity contribution in [3.8, 4) is 5.75 Å². The molecule has 0 aromatic heterocycles. The van der Waals surface area contributed by atoms with E-state index in [1.165, 1.54) is 6.42 Å². The highest BCUT2D eigenvalue weighted by Gasteiger charge is 2.26. The number of nitrogens with two attached hydrogens (primary N) is 1. The minimum absolute atomic E-state index is 0.0724. The number of ether oxygens (including phenoxy) is 1. The van der Waals surface area contributed by atoms with Crippen molar-refractivity contribution in [2.75, 3.05) is 39.5 Å². The number of likely N-dealkylation sites (tertiary alicyclic amines) is 1. The molecule has 1 unspecified atom stereocenters. The second-order valence-electron chi connectivity index (χ2n) is 5.62. The summed E-state index contributed by atoms with van der Waals surface area (Å²) in [5, 5.41) is 0. The molecule has 1 heterocycles. The van der Waals surface area contributed by atoms with E-state index >= 15 is 0 Å². The number of hydrogen-bond acceptors (Lipinski definition) is 4. The molecule has 2 rings (SSSR count). The highest BCUT2D eigenvalue weighted by Crippen LogP contribution is 2.26. The van der Waals surface area contributed by atoms with Gasteiger partial charge in [-0.25, -0.2) is 0 Å². The van der Waals surface area contributed by atoms with E-state index in [1.54, 1.807) is 17.0 Å². The first-order valence-corrected chi connectivity index (χ1v) is 7.51. The molecule has 5 nitrogen and oxygen atoms in total. The summed E-state index contributed by atoms with van der Waals surface area (Å²) in [5.74, 6) is 0.492. The van der Waals surface area contributed by atoms with Crippen LogP contribution in [0.25, 0.3) is 0 Å². The van der Waals surface area contributed by atoms with Crippen LogP contribution in [0, 0.1) is 0 Å². The Balaban J connectivity index is 2.15. The van der Waals surface area contributed by atoms with Gasteiger partial charge in [0, 0.05) is 25.3 Å². The average molecular weight is 291 g/mol. The van der Waals surface area contributed by atoms with E-state index in [4.69, 9.17) is 10.5 Å². The Morgan fingerprint density at radius 2 is 2.29 bits per heavy atom. The molecule has 2 N–H and O–H groups in total. The Kier molecular flexibility index (Phi) is 5.07. The van der Waals surface area contributed by atoms with Crippen LogP contribution in [0.5, 0.6) is 5.75 Å². The van der Waals surface area contributed by atoms with Crippen LogP contribution in [0.15, 0.2) is 18.2 Å². The van der Waals surface area contributed by atoms with Crippen molar-refractivity contribution in [3.63, 3.8) is 0 Å². The molecule has 1 atom stereocenters. The monoisotopic (exact) mass is 291 g/mol. The summed E-state index contributed by atoms with van der Waals surface area (Å²) in [5.41, 5.74) is 6.93. The molecule has 116 valence electrons. The summed E-state index contributed by atoms with van der Waals surface area (Å²) < 4.78 is 5.54. The molecule has 0 saturated carbocycles. The van der Waals surface area contributed by atoms with Crippen LogP contribution >= 0.6 is 0 Å². The summed E-state index contributed by atoms with van der Waals surface area (Å²) >= 11 is 0. The van der Waals surface area contributed by atoms with Gasteiger partial charge in [-0.15, -0.1) is 0 Å². The fourth-order valence-electron chi connectivity index (χ4n) is 2.85. The molecule has 1 fully saturated rings. The van der Waals surface area contributed by atoms with E-state index in [1.807, 2.05) is 20.0 Å². The maximum absolute atomic E-state index is 12.7. The van der Waals surface area contributed by atoms with E-state index in [0.29, 0.717) is 29.6 Å². The van der Waals surface area contributed by atoms with Crippen LogP contribution < -0.4 is 10.5 Å². The quantitative estimate of drug-likeness (QED) is 0.841. The van der Waals surface area contributed by atoms with Crippen LogP contribution in [0.2, 0.25) is 0 Å². The SMILES string of the molecule is CCOc1cccc(N)c1C(=O)N(C)CC1CCCN1C. The average Bonchev–Trinajstić information content (AvgIpc) is 2.84. The molecule has 0 bridgehead atoms. The van der Waals surface area contributed by atoms with Crippen molar-refractivity contribution in [2.24, 2.45) is 0 Å². The van der Waals surface area contributed by atoms with E-state index < -0.39 is 0 Å². The largest absolute Gasteiger partial charge is 0.493 e. The van der Waals surface area contributed by atoms with Crippen LogP contribution in [-0.2, 0) is 0 Å². The molecule has 0 aliphatic carbocycles. The number of benzene rings is 1. The summed E-state index contributed by atoms with van der Waals surface area (Å²) in [6.45, 7) is 4.23. The van der Waals surface area contributed by atoms with Crippen molar-refractivity contribution in [1.82, 2.24) is 9.80 Å². The number of hydrogen-bond donors (Lipinski definition) is 1. The van der Waals surface area contributed by atoms with Gasteiger partial charge in [-0.3, -0.25) is 4.79 Å². The number of carbonyl (C=O) groups excluding carboxylic acids is 1. The zero-order valence-electron chi connectivity index (χ0n) is 13.1. The van der Waals surface area contributed by atoms with Crippen LogP contribution in [0.4, 0.5) is 5.69 Å². The minimum Gasteiger partial charge on any atom is -0.493 e. The Hall–Kier alpha value is -1.75. The molecule has 1 aromatic rings. The molecule has 0 radical (unpaired) electrons. The second kappa shape index (κ2) is 6.80. The lowest BCUT2D eigenvalue weighted by Crippen LogP contribution is -2.39. The summed E-state index contributed by atoms with van der Waals surface area (Å²) in [6, 6.07) is 5.77. The molecule has 1 aliphatic heterocycles. The first-order chi connectivity index (χ1) is 10.0. The third-order valence-electron chi connectivity index (χ3n) is 4.07. The van der Waals surface area contributed by atoms with Crippen molar-refractivity contribution < 1.29 is 9.53 Å². The number of rotatable bonds is 5. The zero-order valence-corrected chi connectivity index (χ0v) is 13.1. The van der Waals surface area contributed by atoms with Crippen molar-refractivity contribution in [2.45, 2.75) is 25.8 Å². The van der Waals surface area contributed by atoms with Crippen LogP contribution in [0.1, 0.15) is 30.1 Å². The minimum atomic E-state index is -0.0724. The molecule has 1 aromatic carbocycles. The molecule has 0 spiro atoms. The van der Waals surface area contributed by atoms with Crippen molar-refractivity contribution in [1.29, 1.82) is 0 Å². The normalized spacial score (nSPS) is 18.7. The second-order valence-corrected chi connectivity index (χ2v) is 5.62. The molecule has 1 amide bonds. The highest BCUT2D eigenvalue weighted by molar-refractivity contribution is 6.01. The molecule has 21 heavy (non-hydrogen) atoms. The first kappa shape index (κ1) is 15.6. The summed E-state index contributed by atoms with van der Waals surface area (Å²) in [7, 11) is 3.94. The predicted octanol–water partition coefficient (Wildman–Crippen LogP) is 1.83. The fourth-order valence-corrected chi connectivity index (χ4v) is 2.85. The number of carbonyl (C=O) groups is 1. The van der Waals surface area contributed by atoms with Crippen LogP contribution in [-0.4, -0.2) is 55.5 Å². The number of amides is 1. The van der Waals surface area contributed by atoms with Gasteiger partial charge >= 0.3 is 0 Å². The number of nitrogen functional groups attached to an aromatic ring is 1. The highest BCUT2D eigenvalue weighted by atomic mass is 16.5. The van der Waals surface area contributed by atoms with Gasteiger partial charge in [-0.2, -0.15) is 0 Å². The summed E-state index contributed by atoms with van der Waals surface area (Å²) in [4.78, 5) is 16.8. The lowest BCUT2D eigenvalue weighted by atomic mass is 10.1. The predicted molar refractivity (Wildman–Crippen MR) is 84.6 cm³/mol. The fraction of sp³-hybridized carbons (Fsp3) is 0.562. The molecular weight excluding hydrogens is 266 g/mol. The van der Waals surface area contributed by atoms with Gasteiger partial charge < -0.3 is 20.3 Å². The number of anilines is 1. The molecular formula is C16H25N3O2. The molecule has 1 aliphatic rings. The number of nitrogens with zero attached hydrogens (tertiary/aromatic N) is 2. The van der Waals surface area contributed by atoms with Gasteiger partial charge in [0.05, 0.1) is 6.61 Å². The Morgan fingerprint density at radius 1 is 1.52 bits per heavy atom. The topological polar surface area (TPSA) is 58.8 Å². The standard InChI is InChI=1S/C16H25N3O2/c1-4-21-14-9-5-8-13(17)15(14)16(20)19(3)11-12-7-6-10-18(12)2/h5,8-9,12H,4,6-7,10-11,17H2,1-3H3. The third-order valence-corrected chi connectivity index (χ3v) is 4.07. The van der Waals surface area contributed by atoms with Gasteiger partial charge in [0.25, 0.3) is 5.91 Å². The Labute approximate surface area is 126 Å². The lowest BCUT2D eigenvalue weighted by Gasteiger charge is -2.26. The van der Waals surface area contributed by atoms with Crippen LogP contribution in [0.3, 0.4) is 0 Å². The Morgan fingerprint density at radius 3 is 2.90 bits per heavy atom. The third kappa shape index (κ3) is 3.47. The maximum Gasteiger partial charge on any atom is 0.259 e.